The summed E-state index contributed by atoms with van der Waals surface area (Å²) in [7, 11) is 0. The third kappa shape index (κ3) is 2.54. The van der Waals surface area contributed by atoms with Crippen molar-refractivity contribution >= 4 is 11.7 Å². The quantitative estimate of drug-likeness (QED) is 0.901. The van der Waals surface area contributed by atoms with Gasteiger partial charge in [0.05, 0.1) is 0 Å². The predicted octanol–water partition coefficient (Wildman–Crippen LogP) is 4.03. The van der Waals surface area contributed by atoms with E-state index in [-0.39, 0.29) is 5.54 Å². The van der Waals surface area contributed by atoms with Gasteiger partial charge < -0.3 is 10.0 Å². The number of hydrogen-bond donors (Lipinski definition) is 1. The van der Waals surface area contributed by atoms with Crippen LogP contribution in [0.15, 0.2) is 24.3 Å². The number of carbonyl (C=O) groups is 1. The molecule has 2 rings (SSSR count). The lowest BCUT2D eigenvalue weighted by molar-refractivity contribution is -0.139. The molecule has 110 valence electrons. The Labute approximate surface area is 121 Å². The molecule has 2 atom stereocenters. The van der Waals surface area contributed by atoms with E-state index in [4.69, 9.17) is 0 Å². The van der Waals surface area contributed by atoms with Crippen LogP contribution in [-0.2, 0) is 4.79 Å². The standard InChI is InChI=1S/C17H25NO2/c1-5-8-15(16(19)20)18-14-10-7-6-9-13(14)12(2)11-17(18,3)4/h6-7,9-10,12,15H,5,8,11H2,1-4H3,(H,19,20). The van der Waals surface area contributed by atoms with Gasteiger partial charge in [0, 0.05) is 11.2 Å². The van der Waals surface area contributed by atoms with E-state index in [2.05, 4.69) is 37.8 Å². The predicted molar refractivity (Wildman–Crippen MR) is 82.4 cm³/mol. The van der Waals surface area contributed by atoms with Crippen LogP contribution >= 0.6 is 0 Å². The second-order valence-corrected chi connectivity index (χ2v) is 6.49. The monoisotopic (exact) mass is 275 g/mol. The van der Waals surface area contributed by atoms with Gasteiger partial charge in [-0.1, -0.05) is 38.5 Å². The number of fused-ring (bicyclic) bond motifs is 1. The Morgan fingerprint density at radius 3 is 2.70 bits per heavy atom. The Morgan fingerprint density at radius 1 is 1.45 bits per heavy atom. The molecule has 1 aromatic carbocycles. The number of para-hydroxylation sites is 1. The van der Waals surface area contributed by atoms with Gasteiger partial charge in [0.2, 0.25) is 0 Å². The molecule has 0 spiro atoms. The fourth-order valence-corrected chi connectivity index (χ4v) is 3.63. The summed E-state index contributed by atoms with van der Waals surface area (Å²) in [5.74, 6) is -0.252. The molecular weight excluding hydrogens is 250 g/mol. The first-order valence-corrected chi connectivity index (χ1v) is 7.49. The zero-order valence-electron chi connectivity index (χ0n) is 12.9. The molecule has 1 heterocycles. The van der Waals surface area contributed by atoms with Gasteiger partial charge >= 0.3 is 5.97 Å². The zero-order valence-corrected chi connectivity index (χ0v) is 12.9. The molecule has 0 amide bonds. The summed E-state index contributed by atoms with van der Waals surface area (Å²) in [5, 5.41) is 9.64. The summed E-state index contributed by atoms with van der Waals surface area (Å²) in [6.07, 6.45) is 2.54. The van der Waals surface area contributed by atoms with Crippen molar-refractivity contribution in [2.24, 2.45) is 0 Å². The Hall–Kier alpha value is -1.51. The van der Waals surface area contributed by atoms with Gasteiger partial charge in [-0.15, -0.1) is 0 Å². The number of nitrogens with zero attached hydrogens (tertiary/aromatic N) is 1. The highest BCUT2D eigenvalue weighted by molar-refractivity contribution is 5.80. The first-order valence-electron chi connectivity index (χ1n) is 7.49. The van der Waals surface area contributed by atoms with Crippen molar-refractivity contribution in [3.8, 4) is 0 Å². The van der Waals surface area contributed by atoms with E-state index in [0.29, 0.717) is 12.3 Å². The highest BCUT2D eigenvalue weighted by Crippen LogP contribution is 2.44. The van der Waals surface area contributed by atoms with Crippen LogP contribution < -0.4 is 4.90 Å². The number of aliphatic carboxylic acids is 1. The van der Waals surface area contributed by atoms with Crippen molar-refractivity contribution in [3.63, 3.8) is 0 Å². The maximum Gasteiger partial charge on any atom is 0.326 e. The van der Waals surface area contributed by atoms with Crippen molar-refractivity contribution in [2.75, 3.05) is 4.90 Å². The van der Waals surface area contributed by atoms with Gasteiger partial charge in [-0.2, -0.15) is 0 Å². The van der Waals surface area contributed by atoms with Crippen LogP contribution in [0.25, 0.3) is 0 Å². The van der Waals surface area contributed by atoms with Crippen molar-refractivity contribution in [1.29, 1.82) is 0 Å². The van der Waals surface area contributed by atoms with E-state index >= 15 is 0 Å². The molecule has 0 aliphatic carbocycles. The van der Waals surface area contributed by atoms with Crippen LogP contribution in [0.4, 0.5) is 5.69 Å². The molecule has 0 fully saturated rings. The molecule has 20 heavy (non-hydrogen) atoms. The number of anilines is 1. The summed E-state index contributed by atoms with van der Waals surface area (Å²) in [4.78, 5) is 13.9. The van der Waals surface area contributed by atoms with E-state index in [9.17, 15) is 9.90 Å². The Bertz CT molecular complexity index is 496. The van der Waals surface area contributed by atoms with Crippen LogP contribution in [0, 0.1) is 0 Å². The van der Waals surface area contributed by atoms with E-state index in [1.165, 1.54) is 5.56 Å². The summed E-state index contributed by atoms with van der Waals surface area (Å²) in [6.45, 7) is 8.59. The zero-order chi connectivity index (χ0) is 14.9. The van der Waals surface area contributed by atoms with Gasteiger partial charge in [-0.25, -0.2) is 4.79 Å². The Balaban J connectivity index is 2.53. The lowest BCUT2D eigenvalue weighted by Crippen LogP contribution is -2.56. The molecule has 2 unspecified atom stereocenters. The van der Waals surface area contributed by atoms with Crippen molar-refractivity contribution < 1.29 is 9.90 Å². The molecule has 0 saturated carbocycles. The molecule has 1 N–H and O–H groups in total. The smallest absolute Gasteiger partial charge is 0.326 e. The van der Waals surface area contributed by atoms with Crippen LogP contribution in [0.1, 0.15) is 58.4 Å². The van der Waals surface area contributed by atoms with Gasteiger partial charge in [-0.3, -0.25) is 0 Å². The summed E-state index contributed by atoms with van der Waals surface area (Å²) < 4.78 is 0. The minimum Gasteiger partial charge on any atom is -0.480 e. The minimum atomic E-state index is -0.718. The highest BCUT2D eigenvalue weighted by atomic mass is 16.4. The maximum absolute atomic E-state index is 11.7. The molecule has 0 bridgehead atoms. The van der Waals surface area contributed by atoms with Gasteiger partial charge in [0.1, 0.15) is 6.04 Å². The molecule has 1 aliphatic rings. The molecule has 3 nitrogen and oxygen atoms in total. The molecule has 0 aromatic heterocycles. The van der Waals surface area contributed by atoms with Crippen LogP contribution in [0.5, 0.6) is 0 Å². The average molecular weight is 275 g/mol. The minimum absolute atomic E-state index is 0.133. The average Bonchev–Trinajstić information content (AvgIpc) is 2.36. The van der Waals surface area contributed by atoms with Crippen molar-refractivity contribution in [1.82, 2.24) is 0 Å². The lowest BCUT2D eigenvalue weighted by Gasteiger charge is -2.50. The fourth-order valence-electron chi connectivity index (χ4n) is 3.63. The van der Waals surface area contributed by atoms with Crippen LogP contribution in [-0.4, -0.2) is 22.7 Å². The van der Waals surface area contributed by atoms with Crippen molar-refractivity contribution in [3.05, 3.63) is 29.8 Å². The molecule has 0 saturated heterocycles. The second-order valence-electron chi connectivity index (χ2n) is 6.49. The van der Waals surface area contributed by atoms with E-state index in [0.717, 1.165) is 18.5 Å². The molecule has 1 aliphatic heterocycles. The third-order valence-corrected chi connectivity index (χ3v) is 4.34. The Kier molecular flexibility index (Phi) is 4.07. The van der Waals surface area contributed by atoms with E-state index in [1.807, 2.05) is 19.1 Å². The number of benzene rings is 1. The van der Waals surface area contributed by atoms with E-state index < -0.39 is 12.0 Å². The third-order valence-electron chi connectivity index (χ3n) is 4.34. The van der Waals surface area contributed by atoms with E-state index in [1.54, 1.807) is 0 Å². The summed E-state index contributed by atoms with van der Waals surface area (Å²) >= 11 is 0. The fraction of sp³-hybridized carbons (Fsp3) is 0.588. The highest BCUT2D eigenvalue weighted by Gasteiger charge is 2.41. The van der Waals surface area contributed by atoms with Gasteiger partial charge in [0.15, 0.2) is 0 Å². The number of carboxylic acids is 1. The summed E-state index contributed by atoms with van der Waals surface area (Å²) in [5.41, 5.74) is 2.23. The first-order chi connectivity index (χ1) is 9.38. The number of carboxylic acid groups (broad SMARTS) is 1. The largest absolute Gasteiger partial charge is 0.480 e. The maximum atomic E-state index is 11.7. The molecule has 3 heteroatoms. The molecule has 0 radical (unpaired) electrons. The van der Waals surface area contributed by atoms with Crippen LogP contribution in [0.2, 0.25) is 0 Å². The normalized spacial score (nSPS) is 22.2. The van der Waals surface area contributed by atoms with Crippen LogP contribution in [0.3, 0.4) is 0 Å². The molecular formula is C17H25NO2. The number of rotatable bonds is 4. The SMILES string of the molecule is CCCC(C(=O)O)N1c2ccccc2C(C)CC1(C)C. The summed E-state index contributed by atoms with van der Waals surface area (Å²) in [6, 6.07) is 7.81. The first kappa shape index (κ1) is 14.9. The van der Waals surface area contributed by atoms with Gasteiger partial charge in [-0.05, 0) is 44.2 Å². The number of hydrogen-bond acceptors (Lipinski definition) is 2. The topological polar surface area (TPSA) is 40.5 Å². The molecule has 1 aromatic rings. The lowest BCUT2D eigenvalue weighted by atomic mass is 9.79. The second kappa shape index (κ2) is 5.47. The Morgan fingerprint density at radius 2 is 2.10 bits per heavy atom. The van der Waals surface area contributed by atoms with Crippen molar-refractivity contribution in [2.45, 2.75) is 64.5 Å². The van der Waals surface area contributed by atoms with Gasteiger partial charge in [0.25, 0.3) is 0 Å².